The van der Waals surface area contributed by atoms with Crippen LogP contribution in [-0.4, -0.2) is 27.4 Å². The van der Waals surface area contributed by atoms with Crippen molar-refractivity contribution in [1.29, 1.82) is 0 Å². The molecule has 0 rings (SSSR count). The molecule has 10 N–H and O–H groups in total. The summed E-state index contributed by atoms with van der Waals surface area (Å²) in [5, 5.41) is 0. The van der Waals surface area contributed by atoms with E-state index in [9.17, 15) is 0 Å². The van der Waals surface area contributed by atoms with Crippen molar-refractivity contribution < 1.29 is 150 Å². The second-order valence-electron chi connectivity index (χ2n) is 0. The maximum Gasteiger partial charge on any atom is 3.00 e. The first kappa shape index (κ1) is 94.1. The Kier molecular flexibility index (Phi) is 835. The Labute approximate surface area is 146 Å². The van der Waals surface area contributed by atoms with Gasteiger partial charge in [0.15, 0.2) is 0 Å². The van der Waals surface area contributed by atoms with E-state index in [0.29, 0.717) is 0 Å². The molecule has 0 saturated heterocycles. The van der Waals surface area contributed by atoms with Crippen LogP contribution >= 0.6 is 0 Å². The number of hydrogen-bond acceptors (Lipinski definition) is 0. The van der Waals surface area contributed by atoms with E-state index in [0.717, 1.165) is 0 Å². The van der Waals surface area contributed by atoms with Gasteiger partial charge in [0, 0.05) is 0 Å². The molecule has 0 aliphatic rings. The molecule has 0 atom stereocenters. The van der Waals surface area contributed by atoms with Crippen molar-refractivity contribution >= 4 is 0 Å². The van der Waals surface area contributed by atoms with Crippen molar-refractivity contribution in [3.8, 4) is 0 Å². The van der Waals surface area contributed by atoms with Gasteiger partial charge in [0.2, 0.25) is 0 Å². The Hall–Kier alpha value is 3.85. The van der Waals surface area contributed by atoms with Crippen LogP contribution in [0.3, 0.4) is 0 Å². The van der Waals surface area contributed by atoms with E-state index in [1.54, 1.807) is 0 Å². The molecule has 0 spiro atoms. The van der Waals surface area contributed by atoms with Crippen LogP contribution in [0.15, 0.2) is 0 Å². The summed E-state index contributed by atoms with van der Waals surface area (Å²) in [6.07, 6.45) is 0. The summed E-state index contributed by atoms with van der Waals surface area (Å²) in [6.45, 7) is 0. The molecule has 0 aromatic carbocycles. The van der Waals surface area contributed by atoms with Gasteiger partial charge in [0.25, 0.3) is 0 Å². The van der Waals surface area contributed by atoms with E-state index in [1.165, 1.54) is 0 Å². The Balaban J connectivity index is 0. The van der Waals surface area contributed by atoms with E-state index < -0.39 is 0 Å². The van der Waals surface area contributed by atoms with E-state index >= 15 is 0 Å². The topological polar surface area (TPSA) is 158 Å². The van der Waals surface area contributed by atoms with Gasteiger partial charge in [-0.05, 0) is 0 Å². The van der Waals surface area contributed by atoms with Crippen LogP contribution in [0.5, 0.6) is 0 Å². The summed E-state index contributed by atoms with van der Waals surface area (Å²) in [5.41, 5.74) is 0. The molecule has 0 aromatic heterocycles. The summed E-state index contributed by atoms with van der Waals surface area (Å²) in [4.78, 5) is 0. The van der Waals surface area contributed by atoms with Gasteiger partial charge in [-0.3, -0.25) is 0 Å². The van der Waals surface area contributed by atoms with E-state index in [4.69, 9.17) is 0 Å². The first-order valence-corrected chi connectivity index (χ1v) is 0. The van der Waals surface area contributed by atoms with Crippen LogP contribution in [0, 0.1) is 123 Å². The van der Waals surface area contributed by atoms with Crippen LogP contribution in [0.1, 0.15) is 0 Å². The summed E-state index contributed by atoms with van der Waals surface area (Å²) < 4.78 is 0. The molecular weight excluding hydrogens is 513 g/mol. The third-order valence-corrected chi connectivity index (χ3v) is 0. The van der Waals surface area contributed by atoms with Crippen molar-refractivity contribution in [1.82, 2.24) is 0 Å². The summed E-state index contributed by atoms with van der Waals surface area (Å²) >= 11 is 0. The summed E-state index contributed by atoms with van der Waals surface area (Å²) in [7, 11) is 0. The average Bonchev–Trinajstić information content (AvgIpc) is 0. The molecule has 0 fully saturated rings. The van der Waals surface area contributed by atoms with Crippen LogP contribution in [0.4, 0.5) is 0 Å². The molecule has 0 amide bonds. The van der Waals surface area contributed by atoms with Crippen LogP contribution < -0.4 is 0 Å². The average molecular weight is 523 g/mol. The zero-order valence-corrected chi connectivity index (χ0v) is 13.6. The summed E-state index contributed by atoms with van der Waals surface area (Å²) in [5.74, 6) is 0. The molecule has 3 radical (unpaired) electrons. The van der Waals surface area contributed by atoms with Crippen molar-refractivity contribution in [2.24, 2.45) is 0 Å². The van der Waals surface area contributed by atoms with Gasteiger partial charge in [-0.15, -0.1) is 0 Å². The molecule has 0 aliphatic carbocycles. The van der Waals surface area contributed by atoms with Gasteiger partial charge in [-0.2, -0.15) is 0 Å². The zero-order valence-electron chi connectivity index (χ0n) is 4.00. The Morgan fingerprint density at radius 2 is 0.250 bits per heavy atom. The SMILES string of the molecule is O.O.O.O.O.[Nd+3].[Nd+3].[Nd+3]. The molecule has 43 valence electrons. The second kappa shape index (κ2) is 71.0. The minimum Gasteiger partial charge on any atom is -0.412 e. The number of hydrogen-bond donors (Lipinski definition) is 0. The fourth-order valence-electron chi connectivity index (χ4n) is 0. The molecule has 0 aliphatic heterocycles. The molecule has 8 heteroatoms. The largest absolute Gasteiger partial charge is 3.00 e. The predicted molar refractivity (Wildman–Crippen MR) is 18.1 cm³/mol. The van der Waals surface area contributed by atoms with Gasteiger partial charge in [0.1, 0.15) is 0 Å². The molecule has 0 bridgehead atoms. The van der Waals surface area contributed by atoms with E-state index in [1.807, 2.05) is 0 Å². The Morgan fingerprint density at radius 1 is 0.250 bits per heavy atom. The van der Waals surface area contributed by atoms with Gasteiger partial charge < -0.3 is 27.4 Å². The van der Waals surface area contributed by atoms with Crippen LogP contribution in [0.2, 0.25) is 0 Å². The van der Waals surface area contributed by atoms with Gasteiger partial charge in [-0.1, -0.05) is 0 Å². The predicted octanol–water partition coefficient (Wildman–Crippen LogP) is -4.12. The smallest absolute Gasteiger partial charge is 0.412 e. The quantitative estimate of drug-likeness (QED) is 0.303. The van der Waals surface area contributed by atoms with Gasteiger partial charge in [-0.25, -0.2) is 0 Å². The van der Waals surface area contributed by atoms with E-state index in [-0.39, 0.29) is 150 Å². The standard InChI is InChI=1S/3Nd.5H2O/h;;;5*1H2/q3*+3;;;;;. The normalized spacial score (nSPS) is 0. The van der Waals surface area contributed by atoms with Gasteiger partial charge >= 0.3 is 123 Å². The fraction of sp³-hybridized carbons (Fsp3) is 0. The number of rotatable bonds is 0. The van der Waals surface area contributed by atoms with Gasteiger partial charge in [0.05, 0.1) is 0 Å². The van der Waals surface area contributed by atoms with Crippen molar-refractivity contribution in [2.45, 2.75) is 0 Å². The molecule has 0 saturated carbocycles. The molecule has 0 aromatic rings. The molecule has 0 heterocycles. The fourth-order valence-corrected chi connectivity index (χ4v) is 0. The minimum atomic E-state index is 0. The Bertz CT molecular complexity index is 7.64. The summed E-state index contributed by atoms with van der Waals surface area (Å²) in [6, 6.07) is 0. The maximum atomic E-state index is 0. The van der Waals surface area contributed by atoms with Crippen molar-refractivity contribution in [3.05, 3.63) is 0 Å². The van der Waals surface area contributed by atoms with Crippen LogP contribution in [0.25, 0.3) is 0 Å². The van der Waals surface area contributed by atoms with Crippen molar-refractivity contribution in [3.63, 3.8) is 0 Å². The molecule has 8 heavy (non-hydrogen) atoms. The molecular formula is H10Nd3O5+9. The van der Waals surface area contributed by atoms with Crippen molar-refractivity contribution in [2.75, 3.05) is 0 Å². The zero-order chi connectivity index (χ0) is 0. The third-order valence-electron chi connectivity index (χ3n) is 0. The van der Waals surface area contributed by atoms with E-state index in [2.05, 4.69) is 0 Å². The molecule has 5 nitrogen and oxygen atoms in total. The molecule has 0 unspecified atom stereocenters. The monoisotopic (exact) mass is 516 g/mol. The first-order chi connectivity index (χ1) is 0. The Morgan fingerprint density at radius 3 is 0.250 bits per heavy atom. The third kappa shape index (κ3) is 52.0. The maximum absolute atomic E-state index is 0. The van der Waals surface area contributed by atoms with Crippen LogP contribution in [-0.2, 0) is 0 Å². The first-order valence-electron chi connectivity index (χ1n) is 0. The minimum absolute atomic E-state index is 0. The second-order valence-corrected chi connectivity index (χ2v) is 0.